The van der Waals surface area contributed by atoms with Crippen LogP contribution in [0.5, 0.6) is 11.5 Å². The highest BCUT2D eigenvalue weighted by Crippen LogP contribution is 2.40. The lowest BCUT2D eigenvalue weighted by Gasteiger charge is -2.14. The molecular formula is C16H20O2. The largest absolute Gasteiger partial charge is 0.507 e. The van der Waals surface area contributed by atoms with Crippen molar-refractivity contribution in [3.63, 3.8) is 0 Å². The molecule has 2 aromatic rings. The van der Waals surface area contributed by atoms with Crippen LogP contribution in [0.1, 0.15) is 50.7 Å². The number of aromatic hydroxyl groups is 2. The third-order valence-corrected chi connectivity index (χ3v) is 3.40. The monoisotopic (exact) mass is 244 g/mol. The standard InChI is InChI=1S/C16H20O2/c1-9(2)11-5-6-13-12(7-11)8-14(17)15(10(3)4)16(13)18/h5-10,17-18H,1-4H3. The van der Waals surface area contributed by atoms with Crippen LogP contribution in [0.2, 0.25) is 0 Å². The number of hydrogen-bond acceptors (Lipinski definition) is 2. The highest BCUT2D eigenvalue weighted by molar-refractivity contribution is 5.92. The maximum atomic E-state index is 10.3. The SMILES string of the molecule is CC(C)c1ccc2c(O)c(C(C)C)c(O)cc2c1. The van der Waals surface area contributed by atoms with E-state index in [1.165, 1.54) is 5.56 Å². The molecule has 0 saturated heterocycles. The second kappa shape index (κ2) is 4.52. The van der Waals surface area contributed by atoms with Gasteiger partial charge in [-0.25, -0.2) is 0 Å². The Kier molecular flexibility index (Phi) is 3.20. The molecule has 0 spiro atoms. The van der Waals surface area contributed by atoms with E-state index in [2.05, 4.69) is 13.8 Å². The van der Waals surface area contributed by atoms with Crippen molar-refractivity contribution in [1.29, 1.82) is 0 Å². The van der Waals surface area contributed by atoms with Crippen molar-refractivity contribution < 1.29 is 10.2 Å². The van der Waals surface area contributed by atoms with Crippen molar-refractivity contribution in [3.05, 3.63) is 35.4 Å². The van der Waals surface area contributed by atoms with E-state index in [9.17, 15) is 10.2 Å². The van der Waals surface area contributed by atoms with Gasteiger partial charge in [0.2, 0.25) is 0 Å². The molecule has 96 valence electrons. The van der Waals surface area contributed by atoms with Crippen LogP contribution in [-0.4, -0.2) is 10.2 Å². The molecule has 0 aromatic heterocycles. The van der Waals surface area contributed by atoms with Crippen molar-refractivity contribution in [2.75, 3.05) is 0 Å². The molecule has 2 nitrogen and oxygen atoms in total. The summed E-state index contributed by atoms with van der Waals surface area (Å²) in [6.07, 6.45) is 0. The first-order valence-electron chi connectivity index (χ1n) is 6.40. The summed E-state index contributed by atoms with van der Waals surface area (Å²) < 4.78 is 0. The van der Waals surface area contributed by atoms with Gasteiger partial charge in [0.25, 0.3) is 0 Å². The average Bonchev–Trinajstić information content (AvgIpc) is 2.27. The summed E-state index contributed by atoms with van der Waals surface area (Å²) in [5.41, 5.74) is 1.83. The third-order valence-electron chi connectivity index (χ3n) is 3.40. The van der Waals surface area contributed by atoms with Gasteiger partial charge in [0.15, 0.2) is 0 Å². The zero-order valence-electron chi connectivity index (χ0n) is 11.4. The number of fused-ring (bicyclic) bond motifs is 1. The first kappa shape index (κ1) is 12.7. The maximum absolute atomic E-state index is 10.3. The molecule has 0 aliphatic rings. The first-order chi connectivity index (χ1) is 8.41. The minimum absolute atomic E-state index is 0.0965. The fraction of sp³-hybridized carbons (Fsp3) is 0.375. The van der Waals surface area contributed by atoms with Crippen molar-refractivity contribution in [1.82, 2.24) is 0 Å². The highest BCUT2D eigenvalue weighted by atomic mass is 16.3. The fourth-order valence-electron chi connectivity index (χ4n) is 2.34. The van der Waals surface area contributed by atoms with E-state index in [0.717, 1.165) is 10.8 Å². The molecule has 0 amide bonds. The van der Waals surface area contributed by atoms with Crippen LogP contribution in [0, 0.1) is 0 Å². The van der Waals surface area contributed by atoms with E-state index in [-0.39, 0.29) is 17.4 Å². The molecular weight excluding hydrogens is 224 g/mol. The summed E-state index contributed by atoms with van der Waals surface area (Å²) >= 11 is 0. The predicted octanol–water partition coefficient (Wildman–Crippen LogP) is 4.50. The molecule has 18 heavy (non-hydrogen) atoms. The van der Waals surface area contributed by atoms with Gasteiger partial charge in [-0.1, -0.05) is 45.9 Å². The molecule has 2 N–H and O–H groups in total. The summed E-state index contributed by atoms with van der Waals surface area (Å²) in [6, 6.07) is 7.75. The topological polar surface area (TPSA) is 40.5 Å². The quantitative estimate of drug-likeness (QED) is 0.816. The molecule has 0 bridgehead atoms. The van der Waals surface area contributed by atoms with Crippen LogP contribution in [0.15, 0.2) is 24.3 Å². The minimum atomic E-state index is 0.0965. The van der Waals surface area contributed by atoms with Crippen molar-refractivity contribution in [3.8, 4) is 11.5 Å². The summed E-state index contributed by atoms with van der Waals surface area (Å²) in [7, 11) is 0. The summed E-state index contributed by atoms with van der Waals surface area (Å²) in [4.78, 5) is 0. The van der Waals surface area contributed by atoms with Gasteiger partial charge in [-0.3, -0.25) is 0 Å². The van der Waals surface area contributed by atoms with E-state index in [0.29, 0.717) is 11.5 Å². The highest BCUT2D eigenvalue weighted by Gasteiger charge is 2.15. The molecule has 0 aliphatic heterocycles. The molecule has 0 unspecified atom stereocenters. The lowest BCUT2D eigenvalue weighted by molar-refractivity contribution is 0.438. The number of phenolic OH excluding ortho intramolecular Hbond substituents is 2. The molecule has 0 fully saturated rings. The van der Waals surface area contributed by atoms with Gasteiger partial charge in [-0.05, 0) is 28.9 Å². The Balaban J connectivity index is 2.74. The van der Waals surface area contributed by atoms with Crippen LogP contribution < -0.4 is 0 Å². The van der Waals surface area contributed by atoms with Crippen LogP contribution in [0.25, 0.3) is 10.8 Å². The number of phenols is 2. The summed E-state index contributed by atoms with van der Waals surface area (Å²) in [6.45, 7) is 8.18. The molecule has 2 aromatic carbocycles. The lowest BCUT2D eigenvalue weighted by Crippen LogP contribution is -1.92. The Hall–Kier alpha value is -1.70. The predicted molar refractivity (Wildman–Crippen MR) is 75.5 cm³/mol. The Morgan fingerprint density at radius 1 is 0.889 bits per heavy atom. The normalized spacial score (nSPS) is 11.7. The Labute approximate surface area is 108 Å². The van der Waals surface area contributed by atoms with Crippen molar-refractivity contribution >= 4 is 10.8 Å². The van der Waals surface area contributed by atoms with Crippen LogP contribution in [-0.2, 0) is 0 Å². The van der Waals surface area contributed by atoms with Gasteiger partial charge < -0.3 is 10.2 Å². The van der Waals surface area contributed by atoms with E-state index >= 15 is 0 Å². The van der Waals surface area contributed by atoms with Crippen LogP contribution in [0.3, 0.4) is 0 Å². The molecule has 0 radical (unpaired) electrons. The van der Waals surface area contributed by atoms with Crippen molar-refractivity contribution in [2.24, 2.45) is 0 Å². The van der Waals surface area contributed by atoms with Gasteiger partial charge in [-0.2, -0.15) is 0 Å². The molecule has 0 atom stereocenters. The molecule has 0 aliphatic carbocycles. The average molecular weight is 244 g/mol. The van der Waals surface area contributed by atoms with E-state index in [1.54, 1.807) is 6.07 Å². The van der Waals surface area contributed by atoms with Gasteiger partial charge in [0.05, 0.1) is 0 Å². The molecule has 0 saturated carbocycles. The van der Waals surface area contributed by atoms with E-state index in [1.807, 2.05) is 32.0 Å². The zero-order chi connectivity index (χ0) is 13.4. The van der Waals surface area contributed by atoms with Gasteiger partial charge in [0, 0.05) is 10.9 Å². The van der Waals surface area contributed by atoms with E-state index in [4.69, 9.17) is 0 Å². The fourth-order valence-corrected chi connectivity index (χ4v) is 2.34. The Morgan fingerprint density at radius 2 is 1.56 bits per heavy atom. The first-order valence-corrected chi connectivity index (χ1v) is 6.40. The molecule has 2 rings (SSSR count). The smallest absolute Gasteiger partial charge is 0.130 e. The Bertz CT molecular complexity index is 583. The van der Waals surface area contributed by atoms with Gasteiger partial charge in [0.1, 0.15) is 11.5 Å². The van der Waals surface area contributed by atoms with Gasteiger partial charge in [-0.15, -0.1) is 0 Å². The zero-order valence-corrected chi connectivity index (χ0v) is 11.4. The summed E-state index contributed by atoms with van der Waals surface area (Å²) in [5, 5.41) is 22.0. The lowest BCUT2D eigenvalue weighted by atomic mass is 9.93. The van der Waals surface area contributed by atoms with Crippen molar-refractivity contribution in [2.45, 2.75) is 39.5 Å². The van der Waals surface area contributed by atoms with Crippen LogP contribution in [0.4, 0.5) is 0 Å². The second-order valence-corrected chi connectivity index (χ2v) is 5.45. The number of hydrogen-bond donors (Lipinski definition) is 2. The second-order valence-electron chi connectivity index (χ2n) is 5.45. The maximum Gasteiger partial charge on any atom is 0.130 e. The van der Waals surface area contributed by atoms with Gasteiger partial charge >= 0.3 is 0 Å². The molecule has 2 heteroatoms. The van der Waals surface area contributed by atoms with Crippen LogP contribution >= 0.6 is 0 Å². The molecule has 0 heterocycles. The summed E-state index contributed by atoms with van der Waals surface area (Å²) in [5.74, 6) is 0.911. The number of rotatable bonds is 2. The number of benzene rings is 2. The minimum Gasteiger partial charge on any atom is -0.507 e. The van der Waals surface area contributed by atoms with E-state index < -0.39 is 0 Å². The third kappa shape index (κ3) is 2.03. The Morgan fingerprint density at radius 3 is 2.11 bits per heavy atom.